The lowest BCUT2D eigenvalue weighted by Crippen LogP contribution is -2.13. The SMILES string of the molecule is CCC(CC)CC(F)(F)F. The molecule has 0 aromatic rings. The highest BCUT2D eigenvalue weighted by Gasteiger charge is 2.29. The van der Waals surface area contributed by atoms with Crippen molar-refractivity contribution in [2.75, 3.05) is 0 Å². The fraction of sp³-hybridized carbons (Fsp3) is 1.00. The van der Waals surface area contributed by atoms with Gasteiger partial charge in [-0.1, -0.05) is 26.7 Å². The van der Waals surface area contributed by atoms with E-state index < -0.39 is 12.6 Å². The second kappa shape index (κ2) is 3.84. The number of rotatable bonds is 3. The van der Waals surface area contributed by atoms with Gasteiger partial charge in [-0.3, -0.25) is 0 Å². The topological polar surface area (TPSA) is 0 Å². The number of halogens is 3. The summed E-state index contributed by atoms with van der Waals surface area (Å²) in [7, 11) is 0. The molecule has 0 unspecified atom stereocenters. The maximum atomic E-state index is 11.7. The summed E-state index contributed by atoms with van der Waals surface area (Å²) in [6.07, 6.45) is -3.36. The van der Waals surface area contributed by atoms with Gasteiger partial charge in [-0.25, -0.2) is 0 Å². The molecule has 0 N–H and O–H groups in total. The zero-order valence-electron chi connectivity index (χ0n) is 6.33. The zero-order valence-corrected chi connectivity index (χ0v) is 6.33. The molecular formula is C7H13F3. The summed E-state index contributed by atoms with van der Waals surface area (Å²) in [5, 5.41) is 0. The third-order valence-electron chi connectivity index (χ3n) is 1.67. The van der Waals surface area contributed by atoms with Crippen LogP contribution < -0.4 is 0 Å². The molecule has 0 amide bonds. The molecule has 0 aliphatic carbocycles. The van der Waals surface area contributed by atoms with Crippen LogP contribution in [0.3, 0.4) is 0 Å². The molecule has 0 radical (unpaired) electrons. The fourth-order valence-electron chi connectivity index (χ4n) is 0.905. The van der Waals surface area contributed by atoms with Gasteiger partial charge in [0, 0.05) is 6.42 Å². The van der Waals surface area contributed by atoms with Gasteiger partial charge in [0.05, 0.1) is 0 Å². The highest BCUT2D eigenvalue weighted by Crippen LogP contribution is 2.27. The number of hydrogen-bond donors (Lipinski definition) is 0. The van der Waals surface area contributed by atoms with Crippen LogP contribution in [0.2, 0.25) is 0 Å². The van der Waals surface area contributed by atoms with Crippen molar-refractivity contribution in [3.8, 4) is 0 Å². The number of alkyl halides is 3. The lowest BCUT2D eigenvalue weighted by molar-refractivity contribution is -0.144. The van der Waals surface area contributed by atoms with E-state index in [1.165, 1.54) is 0 Å². The van der Waals surface area contributed by atoms with Crippen LogP contribution in [0.15, 0.2) is 0 Å². The minimum atomic E-state index is -3.98. The maximum Gasteiger partial charge on any atom is 0.389 e. The summed E-state index contributed by atoms with van der Waals surface area (Å²) in [6, 6.07) is 0. The molecule has 0 spiro atoms. The standard InChI is InChI=1S/C7H13F3/c1-3-6(4-2)5-7(8,9)10/h6H,3-5H2,1-2H3. The van der Waals surface area contributed by atoms with E-state index in [0.717, 1.165) is 0 Å². The lowest BCUT2D eigenvalue weighted by Gasteiger charge is -2.13. The molecule has 0 aromatic heterocycles. The highest BCUT2D eigenvalue weighted by atomic mass is 19.4. The predicted molar refractivity (Wildman–Crippen MR) is 34.7 cm³/mol. The van der Waals surface area contributed by atoms with Gasteiger partial charge in [0.1, 0.15) is 0 Å². The monoisotopic (exact) mass is 154 g/mol. The fourth-order valence-corrected chi connectivity index (χ4v) is 0.905. The predicted octanol–water partition coefficient (Wildman–Crippen LogP) is 3.38. The first-order chi connectivity index (χ1) is 4.49. The maximum absolute atomic E-state index is 11.7. The molecule has 0 aliphatic rings. The average molecular weight is 154 g/mol. The summed E-state index contributed by atoms with van der Waals surface area (Å²) in [5.41, 5.74) is 0. The second-order valence-corrected chi connectivity index (χ2v) is 2.50. The van der Waals surface area contributed by atoms with E-state index in [2.05, 4.69) is 0 Å². The molecule has 62 valence electrons. The average Bonchev–Trinajstić information content (AvgIpc) is 1.81. The first kappa shape index (κ1) is 9.79. The van der Waals surface area contributed by atoms with Crippen molar-refractivity contribution in [2.45, 2.75) is 39.3 Å². The molecule has 0 fully saturated rings. The molecule has 0 atom stereocenters. The Morgan fingerprint density at radius 1 is 1.10 bits per heavy atom. The summed E-state index contributed by atoms with van der Waals surface area (Å²) >= 11 is 0. The Morgan fingerprint density at radius 2 is 1.50 bits per heavy atom. The molecule has 10 heavy (non-hydrogen) atoms. The molecule has 0 saturated heterocycles. The third-order valence-corrected chi connectivity index (χ3v) is 1.67. The first-order valence-electron chi connectivity index (χ1n) is 3.56. The summed E-state index contributed by atoms with van der Waals surface area (Å²) in [6.45, 7) is 3.58. The summed E-state index contributed by atoms with van der Waals surface area (Å²) < 4.78 is 35.0. The number of hydrogen-bond acceptors (Lipinski definition) is 0. The summed E-state index contributed by atoms with van der Waals surface area (Å²) in [4.78, 5) is 0. The van der Waals surface area contributed by atoms with Crippen LogP contribution in [0.4, 0.5) is 13.2 Å². The van der Waals surface area contributed by atoms with Crippen molar-refractivity contribution in [2.24, 2.45) is 5.92 Å². The molecule has 3 heteroatoms. The van der Waals surface area contributed by atoms with Crippen LogP contribution in [0, 0.1) is 5.92 Å². The zero-order chi connectivity index (χ0) is 8.20. The van der Waals surface area contributed by atoms with E-state index in [1.807, 2.05) is 0 Å². The molecule has 0 heterocycles. The van der Waals surface area contributed by atoms with Crippen molar-refractivity contribution in [3.63, 3.8) is 0 Å². The second-order valence-electron chi connectivity index (χ2n) is 2.50. The quantitative estimate of drug-likeness (QED) is 0.584. The third kappa shape index (κ3) is 4.65. The van der Waals surface area contributed by atoms with Gasteiger partial charge in [0.15, 0.2) is 0 Å². The summed E-state index contributed by atoms with van der Waals surface area (Å²) in [5.74, 6) is -0.181. The van der Waals surface area contributed by atoms with E-state index in [4.69, 9.17) is 0 Å². The van der Waals surface area contributed by atoms with E-state index >= 15 is 0 Å². The van der Waals surface area contributed by atoms with Gasteiger partial charge in [-0.05, 0) is 5.92 Å². The van der Waals surface area contributed by atoms with Crippen molar-refractivity contribution < 1.29 is 13.2 Å². The Bertz CT molecular complexity index is 81.3. The molecule has 0 nitrogen and oxygen atoms in total. The van der Waals surface area contributed by atoms with Gasteiger partial charge in [0.25, 0.3) is 0 Å². The van der Waals surface area contributed by atoms with Crippen molar-refractivity contribution in [1.29, 1.82) is 0 Å². The van der Waals surface area contributed by atoms with Crippen LogP contribution in [0.25, 0.3) is 0 Å². The van der Waals surface area contributed by atoms with E-state index in [-0.39, 0.29) is 5.92 Å². The van der Waals surface area contributed by atoms with Crippen LogP contribution >= 0.6 is 0 Å². The van der Waals surface area contributed by atoms with Crippen LogP contribution in [-0.4, -0.2) is 6.18 Å². The lowest BCUT2D eigenvalue weighted by atomic mass is 9.99. The van der Waals surface area contributed by atoms with Crippen LogP contribution in [0.1, 0.15) is 33.1 Å². The molecule has 0 aromatic carbocycles. The van der Waals surface area contributed by atoms with Crippen LogP contribution in [-0.2, 0) is 0 Å². The van der Waals surface area contributed by atoms with Crippen molar-refractivity contribution in [1.82, 2.24) is 0 Å². The van der Waals surface area contributed by atoms with Gasteiger partial charge in [-0.2, -0.15) is 13.2 Å². The Balaban J connectivity index is 3.63. The van der Waals surface area contributed by atoms with Crippen LogP contribution in [0.5, 0.6) is 0 Å². The Hall–Kier alpha value is -0.210. The van der Waals surface area contributed by atoms with Gasteiger partial charge >= 0.3 is 6.18 Å². The Kier molecular flexibility index (Phi) is 3.76. The van der Waals surface area contributed by atoms with Gasteiger partial charge < -0.3 is 0 Å². The molecule has 0 saturated carbocycles. The largest absolute Gasteiger partial charge is 0.389 e. The van der Waals surface area contributed by atoms with Gasteiger partial charge in [-0.15, -0.1) is 0 Å². The first-order valence-corrected chi connectivity index (χ1v) is 3.56. The highest BCUT2D eigenvalue weighted by molar-refractivity contribution is 4.60. The normalized spacial score (nSPS) is 12.6. The Labute approximate surface area is 59.4 Å². The van der Waals surface area contributed by atoms with Crippen molar-refractivity contribution >= 4 is 0 Å². The minimum Gasteiger partial charge on any atom is -0.171 e. The molecular weight excluding hydrogens is 141 g/mol. The Morgan fingerprint density at radius 3 is 1.60 bits per heavy atom. The van der Waals surface area contributed by atoms with E-state index in [0.29, 0.717) is 12.8 Å². The van der Waals surface area contributed by atoms with E-state index in [9.17, 15) is 13.2 Å². The van der Waals surface area contributed by atoms with Gasteiger partial charge in [0.2, 0.25) is 0 Å². The minimum absolute atomic E-state index is 0.181. The smallest absolute Gasteiger partial charge is 0.171 e. The molecule has 0 rings (SSSR count). The molecule has 0 aliphatic heterocycles. The van der Waals surface area contributed by atoms with Crippen molar-refractivity contribution in [3.05, 3.63) is 0 Å². The molecule has 0 bridgehead atoms. The van der Waals surface area contributed by atoms with E-state index in [1.54, 1.807) is 13.8 Å².